The lowest BCUT2D eigenvalue weighted by molar-refractivity contribution is -0.120. The zero-order valence-electron chi connectivity index (χ0n) is 16.0. The summed E-state index contributed by atoms with van der Waals surface area (Å²) in [6.45, 7) is 0.658. The van der Waals surface area contributed by atoms with Crippen LogP contribution < -0.4 is 5.32 Å². The minimum Gasteiger partial charge on any atom is -0.325 e. The number of hydrogen-bond acceptors (Lipinski definition) is 4. The van der Waals surface area contributed by atoms with Gasteiger partial charge in [-0.25, -0.2) is 0 Å². The van der Waals surface area contributed by atoms with E-state index in [4.69, 9.17) is 0 Å². The largest absolute Gasteiger partial charge is 0.325 e. The molecule has 0 radical (unpaired) electrons. The summed E-state index contributed by atoms with van der Waals surface area (Å²) in [5.41, 5.74) is 0.744. The van der Waals surface area contributed by atoms with Crippen LogP contribution in [0.25, 0.3) is 0 Å². The highest BCUT2D eigenvalue weighted by Gasteiger charge is 2.33. The quantitative estimate of drug-likeness (QED) is 0.780. The van der Waals surface area contributed by atoms with Gasteiger partial charge in [0.15, 0.2) is 0 Å². The Morgan fingerprint density at radius 2 is 1.79 bits per heavy atom. The van der Waals surface area contributed by atoms with Gasteiger partial charge in [0, 0.05) is 37.0 Å². The first-order chi connectivity index (χ1) is 13.4. The molecule has 1 fully saturated rings. The summed E-state index contributed by atoms with van der Waals surface area (Å²) in [7, 11) is -0.486. The molecular formula is C20H25N3O3S2. The average molecular weight is 420 g/mol. The Morgan fingerprint density at radius 3 is 2.50 bits per heavy atom. The van der Waals surface area contributed by atoms with E-state index in [0.717, 1.165) is 15.5 Å². The summed E-state index contributed by atoms with van der Waals surface area (Å²) in [5.74, 6) is -0.502. The van der Waals surface area contributed by atoms with Crippen molar-refractivity contribution >= 4 is 33.6 Å². The molecule has 1 unspecified atom stereocenters. The molecule has 0 aromatic heterocycles. The van der Waals surface area contributed by atoms with Crippen LogP contribution in [0.3, 0.4) is 0 Å². The van der Waals surface area contributed by atoms with Crippen molar-refractivity contribution in [3.8, 4) is 0 Å². The third-order valence-corrected chi connectivity index (χ3v) is 7.65. The van der Waals surface area contributed by atoms with Crippen LogP contribution in [0.4, 0.5) is 5.69 Å². The molecule has 0 spiro atoms. The Labute approximate surface area is 171 Å². The molecule has 1 N–H and O–H groups in total. The molecule has 1 aliphatic heterocycles. The minimum absolute atomic E-state index is 0.139. The van der Waals surface area contributed by atoms with Gasteiger partial charge in [0.2, 0.25) is 5.91 Å². The summed E-state index contributed by atoms with van der Waals surface area (Å²) < 4.78 is 27.4. The van der Waals surface area contributed by atoms with Crippen molar-refractivity contribution in [3.05, 3.63) is 54.6 Å². The maximum Gasteiger partial charge on any atom is 0.281 e. The molecule has 1 amide bonds. The topological polar surface area (TPSA) is 69.7 Å². The molecule has 0 aliphatic carbocycles. The van der Waals surface area contributed by atoms with E-state index in [1.807, 2.05) is 54.6 Å². The lowest BCUT2D eigenvalue weighted by Gasteiger charge is -2.32. The van der Waals surface area contributed by atoms with Gasteiger partial charge >= 0.3 is 0 Å². The third kappa shape index (κ3) is 4.94. The molecule has 2 aromatic carbocycles. The maximum atomic E-state index is 12.9. The summed E-state index contributed by atoms with van der Waals surface area (Å²) in [4.78, 5) is 14.9. The number of carbonyl (C=O) groups excluding carboxylic acids is 1. The normalized spacial score (nSPS) is 18.2. The van der Waals surface area contributed by atoms with Gasteiger partial charge in [-0.1, -0.05) is 42.1 Å². The van der Waals surface area contributed by atoms with Gasteiger partial charge in [0.1, 0.15) is 0 Å². The number of para-hydroxylation sites is 1. The maximum absolute atomic E-state index is 12.9. The van der Waals surface area contributed by atoms with E-state index in [1.165, 1.54) is 22.7 Å². The van der Waals surface area contributed by atoms with Crippen molar-refractivity contribution in [1.29, 1.82) is 0 Å². The lowest BCUT2D eigenvalue weighted by Crippen LogP contribution is -2.47. The molecule has 28 heavy (non-hydrogen) atoms. The predicted octanol–water partition coefficient (Wildman–Crippen LogP) is 3.29. The van der Waals surface area contributed by atoms with Gasteiger partial charge < -0.3 is 5.32 Å². The number of nitrogens with zero attached hydrogens (tertiary/aromatic N) is 2. The predicted molar refractivity (Wildman–Crippen MR) is 113 cm³/mol. The van der Waals surface area contributed by atoms with Crippen LogP contribution in [0.5, 0.6) is 0 Å². The van der Waals surface area contributed by atoms with Gasteiger partial charge in [-0.15, -0.1) is 0 Å². The Morgan fingerprint density at radius 1 is 1.11 bits per heavy atom. The van der Waals surface area contributed by atoms with Crippen LogP contribution in [-0.2, 0) is 15.0 Å². The Balaban J connectivity index is 1.71. The van der Waals surface area contributed by atoms with E-state index in [9.17, 15) is 13.2 Å². The van der Waals surface area contributed by atoms with Gasteiger partial charge in [-0.05, 0) is 37.1 Å². The fourth-order valence-electron chi connectivity index (χ4n) is 3.11. The first-order valence-electron chi connectivity index (χ1n) is 9.18. The molecule has 0 saturated carbocycles. The lowest BCUT2D eigenvalue weighted by atomic mass is 9.99. The van der Waals surface area contributed by atoms with E-state index >= 15 is 0 Å². The van der Waals surface area contributed by atoms with Crippen molar-refractivity contribution in [2.24, 2.45) is 5.92 Å². The van der Waals surface area contributed by atoms with Crippen LogP contribution >= 0.6 is 11.8 Å². The molecule has 1 atom stereocenters. The van der Waals surface area contributed by atoms with Gasteiger partial charge in [0.05, 0.1) is 11.6 Å². The van der Waals surface area contributed by atoms with E-state index in [1.54, 1.807) is 11.8 Å². The smallest absolute Gasteiger partial charge is 0.281 e. The van der Waals surface area contributed by atoms with Crippen LogP contribution in [0.2, 0.25) is 0 Å². The summed E-state index contributed by atoms with van der Waals surface area (Å²) in [6.07, 6.45) is 1.35. The van der Waals surface area contributed by atoms with Crippen molar-refractivity contribution in [2.45, 2.75) is 22.6 Å². The molecule has 1 saturated heterocycles. The summed E-state index contributed by atoms with van der Waals surface area (Å²) in [6, 6.07) is 17.6. The molecule has 1 aliphatic rings. The number of nitrogens with one attached hydrogen (secondary N) is 1. The molecule has 8 heteroatoms. The zero-order chi connectivity index (χ0) is 20.1. The Kier molecular flexibility index (Phi) is 6.77. The first kappa shape index (κ1) is 20.9. The van der Waals surface area contributed by atoms with Crippen molar-refractivity contribution in [2.75, 3.05) is 32.5 Å². The van der Waals surface area contributed by atoms with Gasteiger partial charge in [-0.2, -0.15) is 17.0 Å². The molecular weight excluding hydrogens is 394 g/mol. The van der Waals surface area contributed by atoms with Crippen molar-refractivity contribution in [3.63, 3.8) is 0 Å². The average Bonchev–Trinajstić information content (AvgIpc) is 2.70. The second-order valence-corrected chi connectivity index (χ2v) is 10.1. The first-order valence-corrected chi connectivity index (χ1v) is 11.4. The highest BCUT2D eigenvalue weighted by molar-refractivity contribution is 7.99. The molecule has 0 bridgehead atoms. The van der Waals surface area contributed by atoms with E-state index in [-0.39, 0.29) is 18.4 Å². The van der Waals surface area contributed by atoms with Crippen LogP contribution in [0.1, 0.15) is 12.8 Å². The second-order valence-electron chi connectivity index (χ2n) is 6.89. The monoisotopic (exact) mass is 419 g/mol. The number of rotatable bonds is 6. The number of carbonyl (C=O) groups is 1. The number of anilines is 1. The van der Waals surface area contributed by atoms with Gasteiger partial charge in [0.25, 0.3) is 10.2 Å². The Bertz CT molecular complexity index is 917. The second kappa shape index (κ2) is 9.09. The highest BCUT2D eigenvalue weighted by atomic mass is 32.2. The minimum atomic E-state index is -3.51. The number of amides is 1. The van der Waals surface area contributed by atoms with Crippen molar-refractivity contribution in [1.82, 2.24) is 8.61 Å². The molecule has 1 heterocycles. The molecule has 150 valence electrons. The molecule has 6 nitrogen and oxygen atoms in total. The van der Waals surface area contributed by atoms with Crippen LogP contribution in [-0.4, -0.2) is 50.1 Å². The number of benzene rings is 2. The van der Waals surface area contributed by atoms with E-state index in [2.05, 4.69) is 5.32 Å². The van der Waals surface area contributed by atoms with Crippen LogP contribution in [0.15, 0.2) is 64.4 Å². The highest BCUT2D eigenvalue weighted by Crippen LogP contribution is 2.33. The number of hydrogen-bond donors (Lipinski definition) is 1. The summed E-state index contributed by atoms with van der Waals surface area (Å²) >= 11 is 1.58. The fourth-order valence-corrected chi connectivity index (χ4v) is 5.22. The van der Waals surface area contributed by atoms with E-state index in [0.29, 0.717) is 19.4 Å². The number of piperidine rings is 1. The molecule has 2 aromatic rings. The molecule has 3 rings (SSSR count). The van der Waals surface area contributed by atoms with E-state index < -0.39 is 10.2 Å². The standard InChI is InChI=1S/C20H25N3O3S2/c1-22(2)28(25,26)23-14-8-9-16(15-23)20(24)21-18-12-6-7-13-19(18)27-17-10-4-3-5-11-17/h3-7,10-13,16H,8-9,14-15H2,1-2H3,(H,21,24). The third-order valence-electron chi connectivity index (χ3n) is 4.66. The zero-order valence-corrected chi connectivity index (χ0v) is 17.7. The van der Waals surface area contributed by atoms with Crippen molar-refractivity contribution < 1.29 is 13.2 Å². The van der Waals surface area contributed by atoms with Crippen LogP contribution in [0, 0.1) is 5.92 Å². The fraction of sp³-hybridized carbons (Fsp3) is 0.350. The SMILES string of the molecule is CN(C)S(=O)(=O)N1CCCC(C(=O)Nc2ccccc2Sc2ccccc2)C1. The van der Waals surface area contributed by atoms with Gasteiger partial charge in [-0.3, -0.25) is 4.79 Å². The Hall–Kier alpha value is -1.87. The summed E-state index contributed by atoms with van der Waals surface area (Å²) in [5, 5.41) is 3.01.